The minimum absolute atomic E-state index is 0.163. The number of nitrogens with one attached hydrogen (secondary N) is 1. The summed E-state index contributed by atoms with van der Waals surface area (Å²) in [5.41, 5.74) is 1.15. The lowest BCUT2D eigenvalue weighted by molar-refractivity contribution is -0.0278. The van der Waals surface area contributed by atoms with Crippen molar-refractivity contribution < 1.29 is 9.47 Å². The predicted octanol–water partition coefficient (Wildman–Crippen LogP) is 2.17. The summed E-state index contributed by atoms with van der Waals surface area (Å²) < 4.78 is 11.0. The number of hydrogen-bond acceptors (Lipinski definition) is 4. The zero-order valence-corrected chi connectivity index (χ0v) is 11.2. The second-order valence-electron chi connectivity index (χ2n) is 4.64. The van der Waals surface area contributed by atoms with Gasteiger partial charge in [0.15, 0.2) is 0 Å². The van der Waals surface area contributed by atoms with E-state index in [-0.39, 0.29) is 6.10 Å². The molecule has 2 unspecified atom stereocenters. The molecule has 0 radical (unpaired) electrons. The van der Waals surface area contributed by atoms with Crippen LogP contribution in [-0.4, -0.2) is 31.8 Å². The van der Waals surface area contributed by atoms with Crippen LogP contribution in [0.4, 0.5) is 0 Å². The van der Waals surface area contributed by atoms with Crippen molar-refractivity contribution in [1.82, 2.24) is 10.3 Å². The third kappa shape index (κ3) is 3.21. The van der Waals surface area contributed by atoms with E-state index < -0.39 is 0 Å². The molecule has 0 saturated carbocycles. The zero-order valence-electron chi connectivity index (χ0n) is 11.2. The van der Waals surface area contributed by atoms with Gasteiger partial charge in [0.25, 0.3) is 0 Å². The Hall–Kier alpha value is -1.13. The Morgan fingerprint density at radius 2 is 2.39 bits per heavy atom. The standard InChI is InChI=1S/C14H22N2O2/c1-3-15-9-11-5-4-8-18-14(11)12-6-7-13(17-2)16-10-12/h6-7,10-11,14-15H,3-5,8-9H2,1-2H3. The first-order valence-corrected chi connectivity index (χ1v) is 6.67. The zero-order chi connectivity index (χ0) is 12.8. The van der Waals surface area contributed by atoms with E-state index in [1.807, 2.05) is 12.3 Å². The molecule has 4 heteroatoms. The summed E-state index contributed by atoms with van der Waals surface area (Å²) in [5.74, 6) is 1.19. The lowest BCUT2D eigenvalue weighted by Gasteiger charge is -2.32. The molecule has 0 aromatic carbocycles. The highest BCUT2D eigenvalue weighted by Crippen LogP contribution is 2.33. The van der Waals surface area contributed by atoms with Gasteiger partial charge in [-0.1, -0.05) is 6.92 Å². The molecule has 0 aliphatic carbocycles. The summed E-state index contributed by atoms with van der Waals surface area (Å²) in [6.45, 7) is 4.99. The van der Waals surface area contributed by atoms with E-state index >= 15 is 0 Å². The van der Waals surface area contributed by atoms with Crippen molar-refractivity contribution in [2.45, 2.75) is 25.9 Å². The third-order valence-corrected chi connectivity index (χ3v) is 3.40. The van der Waals surface area contributed by atoms with Crippen molar-refractivity contribution in [3.05, 3.63) is 23.9 Å². The van der Waals surface area contributed by atoms with Gasteiger partial charge in [0.1, 0.15) is 0 Å². The largest absolute Gasteiger partial charge is 0.481 e. The maximum atomic E-state index is 5.93. The monoisotopic (exact) mass is 250 g/mol. The highest BCUT2D eigenvalue weighted by Gasteiger charge is 2.27. The normalized spacial score (nSPS) is 23.9. The number of methoxy groups -OCH3 is 1. The molecule has 1 aliphatic rings. The fourth-order valence-electron chi connectivity index (χ4n) is 2.43. The molecule has 0 spiro atoms. The van der Waals surface area contributed by atoms with Gasteiger partial charge in [0.2, 0.25) is 5.88 Å². The number of hydrogen-bond donors (Lipinski definition) is 1. The molecule has 2 rings (SSSR count). The average molecular weight is 250 g/mol. The molecule has 2 heterocycles. The SMILES string of the molecule is CCNCC1CCCOC1c1ccc(OC)nc1. The molecule has 0 bridgehead atoms. The Kier molecular flexibility index (Phi) is 4.96. The first-order chi connectivity index (χ1) is 8.85. The van der Waals surface area contributed by atoms with Gasteiger partial charge in [0, 0.05) is 31.3 Å². The van der Waals surface area contributed by atoms with Crippen molar-refractivity contribution >= 4 is 0 Å². The summed E-state index contributed by atoms with van der Waals surface area (Å²) >= 11 is 0. The highest BCUT2D eigenvalue weighted by atomic mass is 16.5. The van der Waals surface area contributed by atoms with Gasteiger partial charge < -0.3 is 14.8 Å². The first kappa shape index (κ1) is 13.3. The Morgan fingerprint density at radius 3 is 3.06 bits per heavy atom. The van der Waals surface area contributed by atoms with E-state index in [0.717, 1.165) is 31.7 Å². The summed E-state index contributed by atoms with van der Waals surface area (Å²) in [6, 6.07) is 3.96. The van der Waals surface area contributed by atoms with Crippen LogP contribution < -0.4 is 10.1 Å². The minimum atomic E-state index is 0.163. The van der Waals surface area contributed by atoms with Gasteiger partial charge in [-0.05, 0) is 31.0 Å². The van der Waals surface area contributed by atoms with E-state index in [9.17, 15) is 0 Å². The molecule has 1 N–H and O–H groups in total. The maximum absolute atomic E-state index is 5.93. The molecule has 4 nitrogen and oxygen atoms in total. The smallest absolute Gasteiger partial charge is 0.212 e. The Morgan fingerprint density at radius 1 is 1.50 bits per heavy atom. The van der Waals surface area contributed by atoms with Gasteiger partial charge in [-0.3, -0.25) is 0 Å². The van der Waals surface area contributed by atoms with Gasteiger partial charge in [-0.15, -0.1) is 0 Å². The fraction of sp³-hybridized carbons (Fsp3) is 0.643. The van der Waals surface area contributed by atoms with Crippen LogP contribution in [0.25, 0.3) is 0 Å². The summed E-state index contributed by atoms with van der Waals surface area (Å²) in [6.07, 6.45) is 4.39. The van der Waals surface area contributed by atoms with Gasteiger partial charge in [-0.25, -0.2) is 4.98 Å². The molecule has 1 aromatic heterocycles. The fourth-order valence-corrected chi connectivity index (χ4v) is 2.43. The molecule has 1 fully saturated rings. The summed E-state index contributed by atoms with van der Waals surface area (Å²) in [7, 11) is 1.63. The first-order valence-electron chi connectivity index (χ1n) is 6.67. The lowest BCUT2D eigenvalue weighted by atomic mass is 9.90. The van der Waals surface area contributed by atoms with Crippen LogP contribution in [0.3, 0.4) is 0 Å². The molecular formula is C14H22N2O2. The summed E-state index contributed by atoms with van der Waals surface area (Å²) in [5, 5.41) is 3.42. The van der Waals surface area contributed by atoms with E-state index in [0.29, 0.717) is 11.8 Å². The molecule has 1 aliphatic heterocycles. The van der Waals surface area contributed by atoms with Crippen molar-refractivity contribution in [1.29, 1.82) is 0 Å². The van der Waals surface area contributed by atoms with E-state index in [2.05, 4.69) is 23.3 Å². The molecule has 2 atom stereocenters. The minimum Gasteiger partial charge on any atom is -0.481 e. The van der Waals surface area contributed by atoms with Crippen LogP contribution in [-0.2, 0) is 4.74 Å². The number of nitrogens with zero attached hydrogens (tertiary/aromatic N) is 1. The van der Waals surface area contributed by atoms with Crippen LogP contribution in [0.2, 0.25) is 0 Å². The number of ether oxygens (including phenoxy) is 2. The van der Waals surface area contributed by atoms with Crippen molar-refractivity contribution in [3.8, 4) is 5.88 Å². The van der Waals surface area contributed by atoms with Crippen LogP contribution in [0.1, 0.15) is 31.4 Å². The number of pyridine rings is 1. The molecular weight excluding hydrogens is 228 g/mol. The summed E-state index contributed by atoms with van der Waals surface area (Å²) in [4.78, 5) is 4.26. The van der Waals surface area contributed by atoms with Crippen LogP contribution >= 0.6 is 0 Å². The van der Waals surface area contributed by atoms with Crippen LogP contribution in [0.15, 0.2) is 18.3 Å². The van der Waals surface area contributed by atoms with E-state index in [1.54, 1.807) is 7.11 Å². The van der Waals surface area contributed by atoms with Crippen molar-refractivity contribution in [2.75, 3.05) is 26.8 Å². The third-order valence-electron chi connectivity index (χ3n) is 3.40. The second-order valence-corrected chi connectivity index (χ2v) is 4.64. The second kappa shape index (κ2) is 6.71. The number of aromatic nitrogens is 1. The molecule has 0 amide bonds. The average Bonchev–Trinajstić information content (AvgIpc) is 2.45. The molecule has 18 heavy (non-hydrogen) atoms. The Balaban J connectivity index is 2.06. The van der Waals surface area contributed by atoms with E-state index in [4.69, 9.17) is 9.47 Å². The lowest BCUT2D eigenvalue weighted by Crippen LogP contribution is -2.31. The highest BCUT2D eigenvalue weighted by molar-refractivity contribution is 5.20. The Bertz CT molecular complexity index is 353. The topological polar surface area (TPSA) is 43.4 Å². The molecule has 1 aromatic rings. The molecule has 100 valence electrons. The van der Waals surface area contributed by atoms with Crippen LogP contribution in [0.5, 0.6) is 5.88 Å². The van der Waals surface area contributed by atoms with Crippen molar-refractivity contribution in [2.24, 2.45) is 5.92 Å². The quantitative estimate of drug-likeness (QED) is 0.869. The van der Waals surface area contributed by atoms with Gasteiger partial charge in [-0.2, -0.15) is 0 Å². The van der Waals surface area contributed by atoms with Crippen LogP contribution in [0, 0.1) is 5.92 Å². The maximum Gasteiger partial charge on any atom is 0.212 e. The number of rotatable bonds is 5. The van der Waals surface area contributed by atoms with E-state index in [1.165, 1.54) is 6.42 Å². The van der Waals surface area contributed by atoms with Gasteiger partial charge >= 0.3 is 0 Å². The predicted molar refractivity (Wildman–Crippen MR) is 70.7 cm³/mol. The van der Waals surface area contributed by atoms with Crippen molar-refractivity contribution in [3.63, 3.8) is 0 Å². The van der Waals surface area contributed by atoms with Gasteiger partial charge in [0.05, 0.1) is 13.2 Å². The molecule has 1 saturated heterocycles. The Labute approximate surface area is 109 Å².